The highest BCUT2D eigenvalue weighted by Crippen LogP contribution is 2.32. The van der Waals surface area contributed by atoms with Gasteiger partial charge in [-0.2, -0.15) is 0 Å². The fourth-order valence-corrected chi connectivity index (χ4v) is 2.48. The summed E-state index contributed by atoms with van der Waals surface area (Å²) in [5, 5.41) is 2.31. The van der Waals surface area contributed by atoms with E-state index in [1.165, 1.54) is 5.39 Å². The lowest BCUT2D eigenvalue weighted by Crippen LogP contribution is -2.00. The number of hydrogen-bond acceptors (Lipinski definition) is 3. The summed E-state index contributed by atoms with van der Waals surface area (Å²) in [5.74, 6) is 0.826. The van der Waals surface area contributed by atoms with Gasteiger partial charge in [0.15, 0.2) is 0 Å². The lowest BCUT2D eigenvalue weighted by Gasteiger charge is -2.12. The van der Waals surface area contributed by atoms with Gasteiger partial charge in [-0.15, -0.1) is 0 Å². The van der Waals surface area contributed by atoms with Gasteiger partial charge in [-0.25, -0.2) is 0 Å². The topological polar surface area (TPSA) is 48.1 Å². The number of hydrogen-bond donors (Lipinski definition) is 1. The van der Waals surface area contributed by atoms with Gasteiger partial charge in [0.05, 0.1) is 7.11 Å². The third-order valence-electron chi connectivity index (χ3n) is 3.51. The minimum absolute atomic E-state index is 0.475. The van der Waals surface area contributed by atoms with Crippen LogP contribution in [0.1, 0.15) is 5.56 Å². The smallest absolute Gasteiger partial charge is 0.119 e. The third kappa shape index (κ3) is 2.12. The molecule has 0 fully saturated rings. The minimum atomic E-state index is 0.475. The van der Waals surface area contributed by atoms with E-state index in [0.717, 1.165) is 27.8 Å². The molecule has 2 N–H and O–H groups in total. The molecular weight excluding hydrogens is 248 g/mol. The maximum Gasteiger partial charge on any atom is 0.119 e. The Morgan fingerprint density at radius 2 is 2.00 bits per heavy atom. The standard InChI is InChI=1S/C17H16N2O/c1-20-14-5-6-15(13(9-14)10-18)16-4-2-3-12-7-8-19-11-17(12)16/h2-9,11H,10,18H2,1H3. The quantitative estimate of drug-likeness (QED) is 0.789. The van der Waals surface area contributed by atoms with Crippen LogP contribution >= 0.6 is 0 Å². The summed E-state index contributed by atoms with van der Waals surface area (Å²) in [6.45, 7) is 0.475. The number of nitrogens with two attached hydrogens (primary N) is 1. The largest absolute Gasteiger partial charge is 0.497 e. The first-order valence-corrected chi connectivity index (χ1v) is 6.53. The molecule has 3 rings (SSSR count). The molecule has 0 amide bonds. The van der Waals surface area contributed by atoms with Crippen molar-refractivity contribution in [3.8, 4) is 16.9 Å². The molecule has 3 heteroatoms. The monoisotopic (exact) mass is 264 g/mol. The fraction of sp³-hybridized carbons (Fsp3) is 0.118. The van der Waals surface area contributed by atoms with Crippen LogP contribution in [0.25, 0.3) is 21.9 Å². The molecule has 0 aliphatic heterocycles. The van der Waals surface area contributed by atoms with E-state index in [1.54, 1.807) is 7.11 Å². The number of ether oxygens (including phenoxy) is 1. The molecule has 0 atom stereocenters. The van der Waals surface area contributed by atoms with Crippen LogP contribution in [-0.2, 0) is 6.54 Å². The van der Waals surface area contributed by atoms with Crippen LogP contribution in [-0.4, -0.2) is 12.1 Å². The molecule has 0 aliphatic rings. The Balaban J connectivity index is 2.25. The summed E-state index contributed by atoms with van der Waals surface area (Å²) in [5.41, 5.74) is 9.24. The molecule has 0 unspecified atom stereocenters. The fourth-order valence-electron chi connectivity index (χ4n) is 2.48. The van der Waals surface area contributed by atoms with Crippen molar-refractivity contribution in [3.05, 3.63) is 60.4 Å². The first-order chi connectivity index (χ1) is 9.83. The number of benzene rings is 2. The van der Waals surface area contributed by atoms with Gasteiger partial charge in [-0.05, 0) is 40.3 Å². The van der Waals surface area contributed by atoms with Crippen LogP contribution in [0.2, 0.25) is 0 Å². The Morgan fingerprint density at radius 1 is 1.10 bits per heavy atom. The molecule has 20 heavy (non-hydrogen) atoms. The Hall–Kier alpha value is -2.39. The normalized spacial score (nSPS) is 10.7. The van der Waals surface area contributed by atoms with E-state index in [-0.39, 0.29) is 0 Å². The van der Waals surface area contributed by atoms with Crippen molar-refractivity contribution in [1.29, 1.82) is 0 Å². The predicted octanol–water partition coefficient (Wildman–Crippen LogP) is 3.37. The Labute approximate surface area is 118 Å². The third-order valence-corrected chi connectivity index (χ3v) is 3.51. The molecule has 0 radical (unpaired) electrons. The number of nitrogens with zero attached hydrogens (tertiary/aromatic N) is 1. The van der Waals surface area contributed by atoms with Crippen molar-refractivity contribution in [2.45, 2.75) is 6.54 Å². The van der Waals surface area contributed by atoms with Crippen LogP contribution in [0.4, 0.5) is 0 Å². The van der Waals surface area contributed by atoms with Crippen molar-refractivity contribution >= 4 is 10.8 Å². The van der Waals surface area contributed by atoms with Crippen molar-refractivity contribution < 1.29 is 4.74 Å². The molecule has 2 aromatic carbocycles. The first kappa shape index (κ1) is 12.6. The predicted molar refractivity (Wildman–Crippen MR) is 81.6 cm³/mol. The summed E-state index contributed by atoms with van der Waals surface area (Å²) < 4.78 is 5.27. The van der Waals surface area contributed by atoms with Crippen LogP contribution < -0.4 is 10.5 Å². The molecule has 0 bridgehead atoms. The summed E-state index contributed by atoms with van der Waals surface area (Å²) in [6.07, 6.45) is 3.71. The molecule has 1 heterocycles. The molecule has 0 saturated carbocycles. The highest BCUT2D eigenvalue weighted by atomic mass is 16.5. The van der Waals surface area contributed by atoms with Crippen molar-refractivity contribution in [2.75, 3.05) is 7.11 Å². The number of aromatic nitrogens is 1. The molecule has 0 saturated heterocycles. The van der Waals surface area contributed by atoms with Gasteiger partial charge in [-0.3, -0.25) is 4.98 Å². The molecule has 1 aromatic heterocycles. The average Bonchev–Trinajstić information content (AvgIpc) is 2.53. The molecular formula is C17H16N2O. The van der Waals surface area contributed by atoms with E-state index >= 15 is 0 Å². The Morgan fingerprint density at radius 3 is 2.80 bits per heavy atom. The van der Waals surface area contributed by atoms with Crippen molar-refractivity contribution in [3.63, 3.8) is 0 Å². The van der Waals surface area contributed by atoms with Crippen LogP contribution in [0.15, 0.2) is 54.9 Å². The highest BCUT2D eigenvalue weighted by Gasteiger charge is 2.09. The second-order valence-electron chi connectivity index (χ2n) is 4.63. The summed E-state index contributed by atoms with van der Waals surface area (Å²) in [7, 11) is 1.66. The lowest BCUT2D eigenvalue weighted by atomic mass is 9.95. The van der Waals surface area contributed by atoms with Gasteiger partial charge in [0.2, 0.25) is 0 Å². The SMILES string of the molecule is COc1ccc(-c2cccc3ccncc23)c(CN)c1. The van der Waals surface area contributed by atoms with Gasteiger partial charge in [0.1, 0.15) is 5.75 Å². The maximum absolute atomic E-state index is 5.88. The van der Waals surface area contributed by atoms with Gasteiger partial charge in [0, 0.05) is 24.3 Å². The second-order valence-corrected chi connectivity index (χ2v) is 4.63. The average molecular weight is 264 g/mol. The van der Waals surface area contributed by atoms with Crippen LogP contribution in [0.5, 0.6) is 5.75 Å². The molecule has 100 valence electrons. The van der Waals surface area contributed by atoms with E-state index in [2.05, 4.69) is 29.2 Å². The molecule has 0 aliphatic carbocycles. The number of methoxy groups -OCH3 is 1. The van der Waals surface area contributed by atoms with E-state index < -0.39 is 0 Å². The van der Waals surface area contributed by atoms with E-state index in [4.69, 9.17) is 10.5 Å². The van der Waals surface area contributed by atoms with E-state index in [9.17, 15) is 0 Å². The number of rotatable bonds is 3. The second kappa shape index (κ2) is 5.31. The van der Waals surface area contributed by atoms with Crippen LogP contribution in [0.3, 0.4) is 0 Å². The Kier molecular flexibility index (Phi) is 3.35. The highest BCUT2D eigenvalue weighted by molar-refractivity contribution is 5.96. The van der Waals surface area contributed by atoms with Crippen molar-refractivity contribution in [2.24, 2.45) is 5.73 Å². The zero-order valence-electron chi connectivity index (χ0n) is 11.3. The number of fused-ring (bicyclic) bond motifs is 1. The first-order valence-electron chi connectivity index (χ1n) is 6.53. The van der Waals surface area contributed by atoms with Crippen LogP contribution in [0, 0.1) is 0 Å². The zero-order chi connectivity index (χ0) is 13.9. The van der Waals surface area contributed by atoms with Gasteiger partial charge in [-0.1, -0.05) is 24.3 Å². The number of pyridine rings is 1. The van der Waals surface area contributed by atoms with Gasteiger partial charge >= 0.3 is 0 Å². The maximum atomic E-state index is 5.88. The lowest BCUT2D eigenvalue weighted by molar-refractivity contribution is 0.414. The van der Waals surface area contributed by atoms with E-state index in [1.807, 2.05) is 30.6 Å². The molecule has 3 aromatic rings. The summed E-state index contributed by atoms with van der Waals surface area (Å²) in [6, 6.07) is 14.3. The zero-order valence-corrected chi connectivity index (χ0v) is 11.3. The van der Waals surface area contributed by atoms with Crippen molar-refractivity contribution in [1.82, 2.24) is 4.98 Å². The molecule has 0 spiro atoms. The van der Waals surface area contributed by atoms with Gasteiger partial charge in [0.25, 0.3) is 0 Å². The summed E-state index contributed by atoms with van der Waals surface area (Å²) in [4.78, 5) is 4.23. The molecule has 3 nitrogen and oxygen atoms in total. The minimum Gasteiger partial charge on any atom is -0.497 e. The Bertz CT molecular complexity index is 748. The van der Waals surface area contributed by atoms with E-state index in [0.29, 0.717) is 6.54 Å². The van der Waals surface area contributed by atoms with Gasteiger partial charge < -0.3 is 10.5 Å². The summed E-state index contributed by atoms with van der Waals surface area (Å²) >= 11 is 0.